The summed E-state index contributed by atoms with van der Waals surface area (Å²) in [5.74, 6) is -0.354. The fourth-order valence-corrected chi connectivity index (χ4v) is 2.72. The first kappa shape index (κ1) is 15.2. The van der Waals surface area contributed by atoms with Gasteiger partial charge in [0, 0.05) is 30.5 Å². The Hall–Kier alpha value is -3.34. The molecule has 0 saturated carbocycles. The maximum absolute atomic E-state index is 12.2. The molecule has 5 heteroatoms. The van der Waals surface area contributed by atoms with E-state index in [1.807, 2.05) is 77.1 Å². The number of aromatic nitrogens is 3. The van der Waals surface area contributed by atoms with Crippen LogP contribution in [0.15, 0.2) is 73.3 Å². The van der Waals surface area contributed by atoms with E-state index in [0.717, 1.165) is 22.6 Å². The van der Waals surface area contributed by atoms with Crippen molar-refractivity contribution < 1.29 is 9.53 Å². The number of fused-ring (bicyclic) bond motifs is 1. The molecule has 0 radical (unpaired) electrons. The Bertz CT molecular complexity index is 1010. The van der Waals surface area contributed by atoms with Crippen molar-refractivity contribution in [3.63, 3.8) is 0 Å². The minimum Gasteiger partial charge on any atom is -0.456 e. The first-order valence-corrected chi connectivity index (χ1v) is 8.04. The maximum atomic E-state index is 12.2. The van der Waals surface area contributed by atoms with Crippen molar-refractivity contribution >= 4 is 11.6 Å². The zero-order valence-electron chi connectivity index (χ0n) is 13.8. The second-order valence-corrected chi connectivity index (χ2v) is 5.92. The van der Waals surface area contributed by atoms with Crippen LogP contribution in [0.4, 0.5) is 0 Å². The molecule has 25 heavy (non-hydrogen) atoms. The van der Waals surface area contributed by atoms with E-state index in [2.05, 4.69) is 4.98 Å². The minimum absolute atomic E-state index is 0.152. The number of ether oxygens (including phenoxy) is 1. The average molecular weight is 331 g/mol. The fraction of sp³-hybridized carbons (Fsp3) is 0.100. The van der Waals surface area contributed by atoms with Crippen LogP contribution in [0.3, 0.4) is 0 Å². The lowest BCUT2D eigenvalue weighted by atomic mass is 10.2. The number of hydrogen-bond donors (Lipinski definition) is 0. The number of pyridine rings is 1. The summed E-state index contributed by atoms with van der Waals surface area (Å²) in [5.41, 5.74) is 4.24. The number of rotatable bonds is 4. The summed E-state index contributed by atoms with van der Waals surface area (Å²) in [4.78, 5) is 16.7. The Morgan fingerprint density at radius 1 is 1.04 bits per heavy atom. The van der Waals surface area contributed by atoms with Gasteiger partial charge in [0.05, 0.1) is 11.3 Å². The van der Waals surface area contributed by atoms with Crippen molar-refractivity contribution in [1.82, 2.24) is 14.0 Å². The number of carbonyl (C=O) groups excluding carboxylic acids is 1. The van der Waals surface area contributed by atoms with Gasteiger partial charge >= 0.3 is 5.97 Å². The normalized spacial score (nSPS) is 10.9. The molecule has 0 N–H and O–H groups in total. The van der Waals surface area contributed by atoms with Crippen molar-refractivity contribution in [1.29, 1.82) is 0 Å². The number of hydrogen-bond acceptors (Lipinski definition) is 3. The third kappa shape index (κ3) is 3.17. The Kier molecular flexibility index (Phi) is 3.82. The predicted octanol–water partition coefficient (Wildman–Crippen LogP) is 3.79. The smallest absolute Gasteiger partial charge is 0.338 e. The summed E-state index contributed by atoms with van der Waals surface area (Å²) in [6, 6.07) is 15.2. The molecular formula is C20H17N3O2. The van der Waals surface area contributed by atoms with Gasteiger partial charge in [-0.3, -0.25) is 0 Å². The fourth-order valence-electron chi connectivity index (χ4n) is 2.72. The van der Waals surface area contributed by atoms with E-state index in [9.17, 15) is 4.79 Å². The first-order valence-electron chi connectivity index (χ1n) is 8.04. The van der Waals surface area contributed by atoms with Gasteiger partial charge in [0.1, 0.15) is 12.3 Å². The Morgan fingerprint density at radius 3 is 2.56 bits per heavy atom. The lowest BCUT2D eigenvalue weighted by Crippen LogP contribution is -2.05. The first-order chi connectivity index (χ1) is 12.2. The van der Waals surface area contributed by atoms with E-state index < -0.39 is 0 Å². The van der Waals surface area contributed by atoms with Crippen LogP contribution < -0.4 is 0 Å². The van der Waals surface area contributed by atoms with Crippen LogP contribution in [0.25, 0.3) is 11.3 Å². The molecule has 0 bridgehead atoms. The van der Waals surface area contributed by atoms with E-state index in [4.69, 9.17) is 4.74 Å². The quantitative estimate of drug-likeness (QED) is 0.535. The van der Waals surface area contributed by atoms with Crippen molar-refractivity contribution in [2.24, 2.45) is 0 Å². The van der Waals surface area contributed by atoms with Gasteiger partial charge in [0.2, 0.25) is 0 Å². The van der Waals surface area contributed by atoms with Crippen LogP contribution in [0, 0.1) is 6.92 Å². The number of nitrogens with zero attached hydrogens (tertiary/aromatic N) is 3. The van der Waals surface area contributed by atoms with Crippen molar-refractivity contribution in [3.05, 3.63) is 90.1 Å². The number of esters is 1. The molecule has 0 aliphatic carbocycles. The highest BCUT2D eigenvalue weighted by molar-refractivity contribution is 5.89. The highest BCUT2D eigenvalue weighted by Gasteiger charge is 2.09. The molecule has 3 heterocycles. The van der Waals surface area contributed by atoms with Gasteiger partial charge in [-0.15, -0.1) is 0 Å². The SMILES string of the molecule is Cc1ccc2nc(COC(=O)c3ccc(-n4cccc4)cc3)cn2c1. The summed E-state index contributed by atoms with van der Waals surface area (Å²) in [7, 11) is 0. The highest BCUT2D eigenvalue weighted by Crippen LogP contribution is 2.13. The molecule has 4 rings (SSSR count). The molecular weight excluding hydrogens is 314 g/mol. The van der Waals surface area contributed by atoms with E-state index in [1.165, 1.54) is 0 Å². The van der Waals surface area contributed by atoms with Gasteiger partial charge in [-0.1, -0.05) is 6.07 Å². The van der Waals surface area contributed by atoms with E-state index in [0.29, 0.717) is 5.56 Å². The molecule has 0 amide bonds. The number of aryl methyl sites for hydroxylation is 1. The maximum Gasteiger partial charge on any atom is 0.338 e. The van der Waals surface area contributed by atoms with Gasteiger partial charge in [-0.05, 0) is 55.0 Å². The Balaban J connectivity index is 1.44. The Labute approximate surface area is 145 Å². The van der Waals surface area contributed by atoms with E-state index >= 15 is 0 Å². The highest BCUT2D eigenvalue weighted by atomic mass is 16.5. The van der Waals surface area contributed by atoms with Crippen LogP contribution in [0.5, 0.6) is 0 Å². The van der Waals surface area contributed by atoms with Crippen molar-refractivity contribution in [2.75, 3.05) is 0 Å². The summed E-state index contributed by atoms with van der Waals surface area (Å²) in [5, 5.41) is 0. The van der Waals surface area contributed by atoms with Crippen LogP contribution in [-0.4, -0.2) is 19.9 Å². The second-order valence-electron chi connectivity index (χ2n) is 5.92. The lowest BCUT2D eigenvalue weighted by Gasteiger charge is -2.05. The molecule has 0 saturated heterocycles. The zero-order valence-corrected chi connectivity index (χ0v) is 13.8. The average Bonchev–Trinajstić information content (AvgIpc) is 3.29. The topological polar surface area (TPSA) is 48.5 Å². The van der Waals surface area contributed by atoms with Gasteiger partial charge in [-0.2, -0.15) is 0 Å². The number of imidazole rings is 1. The van der Waals surface area contributed by atoms with Crippen LogP contribution in [0.2, 0.25) is 0 Å². The van der Waals surface area contributed by atoms with Crippen LogP contribution in [-0.2, 0) is 11.3 Å². The van der Waals surface area contributed by atoms with E-state index in [-0.39, 0.29) is 12.6 Å². The summed E-state index contributed by atoms with van der Waals surface area (Å²) in [6.07, 6.45) is 7.79. The summed E-state index contributed by atoms with van der Waals surface area (Å²) < 4.78 is 9.30. The molecule has 5 nitrogen and oxygen atoms in total. The molecule has 0 aliphatic rings. The molecule has 1 aromatic carbocycles. The molecule has 0 fully saturated rings. The van der Waals surface area contributed by atoms with Crippen molar-refractivity contribution in [2.45, 2.75) is 13.5 Å². The molecule has 0 atom stereocenters. The van der Waals surface area contributed by atoms with E-state index in [1.54, 1.807) is 12.1 Å². The molecule has 3 aromatic heterocycles. The van der Waals surface area contributed by atoms with Gasteiger partial charge in [0.25, 0.3) is 0 Å². The summed E-state index contributed by atoms with van der Waals surface area (Å²) >= 11 is 0. The summed E-state index contributed by atoms with van der Waals surface area (Å²) in [6.45, 7) is 2.18. The van der Waals surface area contributed by atoms with Gasteiger partial charge < -0.3 is 13.7 Å². The van der Waals surface area contributed by atoms with Crippen LogP contribution in [0.1, 0.15) is 21.6 Å². The molecule has 0 aliphatic heterocycles. The predicted molar refractivity (Wildman–Crippen MR) is 94.8 cm³/mol. The third-order valence-electron chi connectivity index (χ3n) is 4.01. The van der Waals surface area contributed by atoms with Crippen LogP contribution >= 0.6 is 0 Å². The van der Waals surface area contributed by atoms with Gasteiger partial charge in [-0.25, -0.2) is 9.78 Å². The minimum atomic E-state index is -0.354. The monoisotopic (exact) mass is 331 g/mol. The lowest BCUT2D eigenvalue weighted by molar-refractivity contribution is 0.0468. The Morgan fingerprint density at radius 2 is 1.80 bits per heavy atom. The standard InChI is InChI=1S/C20H17N3O2/c1-15-4-9-19-21-17(13-23(19)12-15)14-25-20(24)16-5-7-18(8-6-16)22-10-2-3-11-22/h2-13H,14H2,1H3. The number of benzene rings is 1. The zero-order chi connectivity index (χ0) is 17.2. The largest absolute Gasteiger partial charge is 0.456 e. The molecule has 0 spiro atoms. The molecule has 4 aromatic rings. The molecule has 124 valence electrons. The number of carbonyl (C=O) groups is 1. The van der Waals surface area contributed by atoms with Crippen molar-refractivity contribution in [3.8, 4) is 5.69 Å². The molecule has 0 unspecified atom stereocenters. The second kappa shape index (κ2) is 6.28. The van der Waals surface area contributed by atoms with Gasteiger partial charge in [0.15, 0.2) is 0 Å². The third-order valence-corrected chi connectivity index (χ3v) is 4.01.